The summed E-state index contributed by atoms with van der Waals surface area (Å²) in [5.74, 6) is -0.983. The van der Waals surface area contributed by atoms with Crippen molar-refractivity contribution in [3.63, 3.8) is 0 Å². The summed E-state index contributed by atoms with van der Waals surface area (Å²) in [4.78, 5) is 10.9. The molecule has 0 spiro atoms. The Labute approximate surface area is 84.6 Å². The summed E-state index contributed by atoms with van der Waals surface area (Å²) in [5, 5.41) is 20.1. The van der Waals surface area contributed by atoms with Crippen LogP contribution < -0.4 is 15.5 Å². The lowest BCUT2D eigenvalue weighted by molar-refractivity contribution is -0.118. The van der Waals surface area contributed by atoms with E-state index in [9.17, 15) is 9.18 Å². The summed E-state index contributed by atoms with van der Waals surface area (Å²) in [5.41, 5.74) is -0.0738. The highest BCUT2D eigenvalue weighted by molar-refractivity contribution is 6.58. The van der Waals surface area contributed by atoms with Crippen LogP contribution in [0.4, 0.5) is 10.1 Å². The fourth-order valence-corrected chi connectivity index (χ4v) is 1.32. The van der Waals surface area contributed by atoms with Gasteiger partial charge >= 0.3 is 7.12 Å². The average molecular weight is 211 g/mol. The van der Waals surface area contributed by atoms with E-state index in [1.165, 1.54) is 0 Å². The summed E-state index contributed by atoms with van der Waals surface area (Å²) < 4.78 is 18.1. The number of carbonyl (C=O) groups is 1. The Bertz CT molecular complexity index is 423. The van der Waals surface area contributed by atoms with Gasteiger partial charge in [0.1, 0.15) is 11.6 Å². The molecule has 0 aromatic heterocycles. The molecule has 2 rings (SSSR count). The van der Waals surface area contributed by atoms with Crippen LogP contribution in [0.3, 0.4) is 0 Å². The lowest BCUT2D eigenvalue weighted by Crippen LogP contribution is -2.35. The first-order valence-corrected chi connectivity index (χ1v) is 4.20. The van der Waals surface area contributed by atoms with Crippen molar-refractivity contribution < 1.29 is 24.0 Å². The van der Waals surface area contributed by atoms with E-state index in [1.54, 1.807) is 0 Å². The molecule has 0 aliphatic carbocycles. The number of carbonyl (C=O) groups excluding carboxylic acids is 1. The predicted molar refractivity (Wildman–Crippen MR) is 50.4 cm³/mol. The highest BCUT2D eigenvalue weighted by atomic mass is 19.1. The van der Waals surface area contributed by atoms with Crippen molar-refractivity contribution in [1.29, 1.82) is 0 Å². The molecular weight excluding hydrogens is 204 g/mol. The fourth-order valence-electron chi connectivity index (χ4n) is 1.32. The van der Waals surface area contributed by atoms with Gasteiger partial charge in [-0.2, -0.15) is 0 Å². The Morgan fingerprint density at radius 3 is 2.87 bits per heavy atom. The molecule has 1 amide bonds. The van der Waals surface area contributed by atoms with Crippen LogP contribution in [0.5, 0.6) is 5.75 Å². The second kappa shape index (κ2) is 3.52. The second-order valence-corrected chi connectivity index (χ2v) is 3.08. The Balaban J connectivity index is 2.47. The molecule has 1 aliphatic rings. The van der Waals surface area contributed by atoms with E-state index in [1.807, 2.05) is 0 Å². The summed E-state index contributed by atoms with van der Waals surface area (Å²) in [6.45, 7) is -0.173. The fraction of sp³-hybridized carbons (Fsp3) is 0.125. The Morgan fingerprint density at radius 1 is 1.47 bits per heavy atom. The smallest absolute Gasteiger partial charge is 0.481 e. The Morgan fingerprint density at radius 2 is 2.20 bits per heavy atom. The third kappa shape index (κ3) is 1.79. The van der Waals surface area contributed by atoms with E-state index < -0.39 is 12.9 Å². The van der Waals surface area contributed by atoms with Crippen molar-refractivity contribution in [2.24, 2.45) is 0 Å². The van der Waals surface area contributed by atoms with Gasteiger partial charge in [-0.1, -0.05) is 0 Å². The number of amides is 1. The number of hydrogen-bond acceptors (Lipinski definition) is 4. The molecular formula is C8H7BFNO4. The molecule has 78 valence electrons. The van der Waals surface area contributed by atoms with E-state index in [-0.39, 0.29) is 29.4 Å². The predicted octanol–water partition coefficient (Wildman–Crippen LogP) is -1.16. The van der Waals surface area contributed by atoms with Gasteiger partial charge < -0.3 is 20.1 Å². The molecule has 1 aromatic carbocycles. The van der Waals surface area contributed by atoms with Crippen molar-refractivity contribution in [3.05, 3.63) is 17.9 Å². The molecule has 0 radical (unpaired) electrons. The second-order valence-electron chi connectivity index (χ2n) is 3.08. The maximum absolute atomic E-state index is 13.2. The van der Waals surface area contributed by atoms with Crippen molar-refractivity contribution in [2.75, 3.05) is 11.9 Å². The summed E-state index contributed by atoms with van der Waals surface area (Å²) in [7, 11) is -1.92. The molecule has 0 saturated carbocycles. The van der Waals surface area contributed by atoms with Crippen LogP contribution in [-0.2, 0) is 4.79 Å². The maximum atomic E-state index is 13.2. The minimum absolute atomic E-state index is 0.173. The lowest BCUT2D eigenvalue weighted by Gasteiger charge is -2.18. The minimum atomic E-state index is -1.92. The number of nitrogens with one attached hydrogen (secondary N) is 1. The standard InChI is InChI=1S/C8H7BFNO4/c10-5-2-7-6(1-4(5)9(13)14)11-8(12)3-15-7/h1-2,13-14H,3H2,(H,11,12). The quantitative estimate of drug-likeness (QED) is 0.511. The molecule has 1 aromatic rings. The number of benzene rings is 1. The highest BCUT2D eigenvalue weighted by Gasteiger charge is 2.23. The summed E-state index contributed by atoms with van der Waals surface area (Å²) in [6, 6.07) is 2.13. The number of hydrogen-bond donors (Lipinski definition) is 3. The van der Waals surface area contributed by atoms with Gasteiger partial charge in [0.25, 0.3) is 5.91 Å². The van der Waals surface area contributed by atoms with Crippen LogP contribution in [0, 0.1) is 5.82 Å². The van der Waals surface area contributed by atoms with Crippen LogP contribution in [0.15, 0.2) is 12.1 Å². The van der Waals surface area contributed by atoms with Crippen molar-refractivity contribution in [2.45, 2.75) is 0 Å². The van der Waals surface area contributed by atoms with E-state index in [2.05, 4.69) is 5.32 Å². The number of halogens is 1. The average Bonchev–Trinajstić information content (AvgIpc) is 2.17. The van der Waals surface area contributed by atoms with Crippen LogP contribution in [-0.4, -0.2) is 29.7 Å². The SMILES string of the molecule is O=C1COc2cc(F)c(B(O)O)cc2N1. The van der Waals surface area contributed by atoms with Crippen LogP contribution >= 0.6 is 0 Å². The third-order valence-corrected chi connectivity index (χ3v) is 2.01. The van der Waals surface area contributed by atoms with Gasteiger partial charge in [-0.15, -0.1) is 0 Å². The zero-order chi connectivity index (χ0) is 11.0. The number of fused-ring (bicyclic) bond motifs is 1. The Kier molecular flexibility index (Phi) is 2.33. The zero-order valence-corrected chi connectivity index (χ0v) is 7.53. The maximum Gasteiger partial charge on any atom is 0.491 e. The molecule has 0 atom stereocenters. The van der Waals surface area contributed by atoms with Gasteiger partial charge in [0.15, 0.2) is 6.61 Å². The zero-order valence-electron chi connectivity index (χ0n) is 7.53. The van der Waals surface area contributed by atoms with Gasteiger partial charge in [-0.25, -0.2) is 4.39 Å². The van der Waals surface area contributed by atoms with Crippen LogP contribution in [0.1, 0.15) is 0 Å². The first kappa shape index (κ1) is 9.94. The van der Waals surface area contributed by atoms with E-state index in [0.717, 1.165) is 12.1 Å². The van der Waals surface area contributed by atoms with Gasteiger partial charge in [0.2, 0.25) is 0 Å². The summed E-state index contributed by atoms with van der Waals surface area (Å²) in [6.07, 6.45) is 0. The molecule has 5 nitrogen and oxygen atoms in total. The molecule has 1 aliphatic heterocycles. The first-order valence-electron chi connectivity index (χ1n) is 4.20. The third-order valence-electron chi connectivity index (χ3n) is 2.01. The molecule has 0 fully saturated rings. The molecule has 3 N–H and O–H groups in total. The van der Waals surface area contributed by atoms with Crippen LogP contribution in [0.2, 0.25) is 0 Å². The first-order chi connectivity index (χ1) is 7.08. The molecule has 0 saturated heterocycles. The molecule has 7 heteroatoms. The molecule has 0 unspecified atom stereocenters. The topological polar surface area (TPSA) is 78.8 Å². The minimum Gasteiger partial charge on any atom is -0.481 e. The lowest BCUT2D eigenvalue weighted by atomic mass is 9.79. The monoisotopic (exact) mass is 211 g/mol. The van der Waals surface area contributed by atoms with Gasteiger partial charge in [0, 0.05) is 11.5 Å². The number of ether oxygens (including phenoxy) is 1. The van der Waals surface area contributed by atoms with Gasteiger partial charge in [-0.3, -0.25) is 4.79 Å². The van der Waals surface area contributed by atoms with Crippen molar-refractivity contribution >= 4 is 24.2 Å². The van der Waals surface area contributed by atoms with E-state index >= 15 is 0 Å². The van der Waals surface area contributed by atoms with Crippen molar-refractivity contribution in [3.8, 4) is 5.75 Å². The van der Waals surface area contributed by atoms with E-state index in [4.69, 9.17) is 14.8 Å². The number of anilines is 1. The summed E-state index contributed by atoms with van der Waals surface area (Å²) >= 11 is 0. The van der Waals surface area contributed by atoms with Crippen molar-refractivity contribution in [1.82, 2.24) is 0 Å². The van der Waals surface area contributed by atoms with E-state index in [0.29, 0.717) is 0 Å². The Hall–Kier alpha value is -1.60. The van der Waals surface area contributed by atoms with Crippen LogP contribution in [0.25, 0.3) is 0 Å². The number of rotatable bonds is 1. The molecule has 0 bridgehead atoms. The molecule has 15 heavy (non-hydrogen) atoms. The molecule has 1 heterocycles. The largest absolute Gasteiger partial charge is 0.491 e. The normalized spacial score (nSPS) is 13.9. The van der Waals surface area contributed by atoms with Gasteiger partial charge in [0.05, 0.1) is 5.69 Å². The highest BCUT2D eigenvalue weighted by Crippen LogP contribution is 2.27. The van der Waals surface area contributed by atoms with Gasteiger partial charge in [-0.05, 0) is 6.07 Å².